The minimum Gasteiger partial charge on any atom is -0.484 e. The van der Waals surface area contributed by atoms with Gasteiger partial charge in [-0.15, -0.1) is 10.2 Å². The zero-order valence-corrected chi connectivity index (χ0v) is 16.9. The number of nitrogens with two attached hydrogens (primary N) is 1. The molecule has 0 amide bonds. The molecular formula is C22H18Cl2N4O. The lowest BCUT2D eigenvalue weighted by Gasteiger charge is -2.30. The lowest BCUT2D eigenvalue weighted by Crippen LogP contribution is -2.23. The number of aromatic nitrogens is 3. The van der Waals surface area contributed by atoms with Crippen LogP contribution in [0, 0.1) is 0 Å². The smallest absolute Gasteiger partial charge is 0.171 e. The second kappa shape index (κ2) is 7.34. The fourth-order valence-electron chi connectivity index (χ4n) is 3.89. The lowest BCUT2D eigenvalue weighted by atomic mass is 9.86. The van der Waals surface area contributed by atoms with Crippen LogP contribution in [0.2, 0.25) is 10.0 Å². The van der Waals surface area contributed by atoms with E-state index in [1.807, 2.05) is 34.9 Å². The average Bonchev–Trinajstić information content (AvgIpc) is 3.13. The highest BCUT2D eigenvalue weighted by atomic mass is 35.5. The first-order valence-electron chi connectivity index (χ1n) is 9.42. The van der Waals surface area contributed by atoms with Crippen LogP contribution < -0.4 is 10.5 Å². The molecule has 0 saturated carbocycles. The topological polar surface area (TPSA) is 65.4 Å². The normalized spacial score (nSPS) is 18.6. The predicted molar refractivity (Wildman–Crippen MR) is 114 cm³/mol. The number of fused-ring (bicyclic) bond motifs is 2. The lowest BCUT2D eigenvalue weighted by molar-refractivity contribution is 0.176. The third kappa shape index (κ3) is 3.25. The van der Waals surface area contributed by atoms with E-state index >= 15 is 0 Å². The van der Waals surface area contributed by atoms with Crippen LogP contribution in [-0.4, -0.2) is 14.6 Å². The summed E-state index contributed by atoms with van der Waals surface area (Å²) in [5.74, 6) is 1.30. The van der Waals surface area contributed by atoms with Crippen LogP contribution in [-0.2, 0) is 0 Å². The van der Waals surface area contributed by atoms with Crippen molar-refractivity contribution in [3.63, 3.8) is 0 Å². The Kier molecular flexibility index (Phi) is 4.66. The second-order valence-corrected chi connectivity index (χ2v) is 7.95. The number of halogens is 2. The number of ether oxygens (including phenoxy) is 1. The molecule has 0 spiro atoms. The molecule has 2 heterocycles. The number of hydrogen-bond donors (Lipinski definition) is 1. The van der Waals surface area contributed by atoms with Crippen molar-refractivity contribution < 1.29 is 4.74 Å². The number of hydrogen-bond acceptors (Lipinski definition) is 4. The summed E-state index contributed by atoms with van der Waals surface area (Å²) in [5, 5.41) is 9.57. The zero-order valence-electron chi connectivity index (χ0n) is 15.4. The molecule has 2 atom stereocenters. The van der Waals surface area contributed by atoms with Crippen LogP contribution in [0.4, 0.5) is 0 Å². The molecule has 2 N–H and O–H groups in total. The Morgan fingerprint density at radius 2 is 1.66 bits per heavy atom. The summed E-state index contributed by atoms with van der Waals surface area (Å²) in [6.07, 6.45) is 3.58. The summed E-state index contributed by atoms with van der Waals surface area (Å²) in [7, 11) is 0. The highest BCUT2D eigenvalue weighted by molar-refractivity contribution is 6.39. The molecule has 0 bridgehead atoms. The van der Waals surface area contributed by atoms with Gasteiger partial charge in [0.15, 0.2) is 11.5 Å². The first-order chi connectivity index (χ1) is 14.1. The summed E-state index contributed by atoms with van der Waals surface area (Å²) in [4.78, 5) is 0. The van der Waals surface area contributed by atoms with E-state index in [0.29, 0.717) is 27.1 Å². The first kappa shape index (κ1) is 18.4. The average molecular weight is 425 g/mol. The molecule has 0 fully saturated rings. The molecule has 2 aromatic carbocycles. The molecule has 5 nitrogen and oxygen atoms in total. The third-order valence-corrected chi connectivity index (χ3v) is 5.95. The molecule has 1 aliphatic carbocycles. The van der Waals surface area contributed by atoms with E-state index in [-0.39, 0.29) is 12.1 Å². The van der Waals surface area contributed by atoms with Crippen molar-refractivity contribution in [2.24, 2.45) is 5.73 Å². The van der Waals surface area contributed by atoms with Crippen LogP contribution in [0.3, 0.4) is 0 Å². The molecular weight excluding hydrogens is 407 g/mol. The van der Waals surface area contributed by atoms with Gasteiger partial charge in [-0.05, 0) is 48.2 Å². The van der Waals surface area contributed by atoms with Gasteiger partial charge in [-0.3, -0.25) is 4.40 Å². The summed E-state index contributed by atoms with van der Waals surface area (Å²) < 4.78 is 8.21. The van der Waals surface area contributed by atoms with Crippen molar-refractivity contribution >= 4 is 28.8 Å². The Morgan fingerprint density at radius 3 is 2.45 bits per heavy atom. The van der Waals surface area contributed by atoms with Gasteiger partial charge in [-0.1, -0.05) is 53.5 Å². The van der Waals surface area contributed by atoms with E-state index < -0.39 is 0 Å². The Bertz CT molecular complexity index is 1190. The van der Waals surface area contributed by atoms with Gasteiger partial charge in [0.05, 0.1) is 21.8 Å². The van der Waals surface area contributed by atoms with Gasteiger partial charge in [-0.25, -0.2) is 0 Å². The summed E-state index contributed by atoms with van der Waals surface area (Å²) in [5.41, 5.74) is 9.90. The number of nitrogens with zero attached hydrogens (tertiary/aromatic N) is 3. The maximum absolute atomic E-state index is 6.38. The van der Waals surface area contributed by atoms with Gasteiger partial charge in [0.2, 0.25) is 0 Å². The number of pyridine rings is 1. The Balaban J connectivity index is 1.54. The van der Waals surface area contributed by atoms with E-state index in [2.05, 4.69) is 22.3 Å². The zero-order chi connectivity index (χ0) is 20.0. The maximum Gasteiger partial charge on any atom is 0.171 e. The molecule has 29 heavy (non-hydrogen) atoms. The van der Waals surface area contributed by atoms with Gasteiger partial charge in [0, 0.05) is 6.04 Å². The highest BCUT2D eigenvalue weighted by Crippen LogP contribution is 2.38. The van der Waals surface area contributed by atoms with Crippen molar-refractivity contribution in [1.29, 1.82) is 0 Å². The molecule has 5 rings (SSSR count). The van der Waals surface area contributed by atoms with E-state index in [1.54, 1.807) is 18.2 Å². The van der Waals surface area contributed by atoms with Gasteiger partial charge < -0.3 is 10.5 Å². The van der Waals surface area contributed by atoms with Crippen LogP contribution in [0.15, 0.2) is 60.8 Å². The monoisotopic (exact) mass is 424 g/mol. The summed E-state index contributed by atoms with van der Waals surface area (Å²) >= 11 is 12.8. The predicted octanol–water partition coefficient (Wildman–Crippen LogP) is 5.62. The van der Waals surface area contributed by atoms with Gasteiger partial charge in [0.25, 0.3) is 0 Å². The molecule has 1 aliphatic rings. The standard InChI is InChI=1S/C22H18Cl2N4O/c23-16-6-3-7-17(24)21(16)22-27-26-20-11-8-13(12-28(20)22)29-19-10-9-18(25)14-4-1-2-5-15(14)19/h1-8,11-12,18-19H,9-10,25H2/t18-,19+/m0/s1. The van der Waals surface area contributed by atoms with Gasteiger partial charge in [0.1, 0.15) is 11.9 Å². The fourth-order valence-corrected chi connectivity index (χ4v) is 4.46. The number of rotatable bonds is 3. The van der Waals surface area contributed by atoms with Crippen molar-refractivity contribution in [1.82, 2.24) is 14.6 Å². The SMILES string of the molecule is N[C@H]1CC[C@@H](Oc2ccc3nnc(-c4c(Cl)cccc4Cl)n3c2)c2ccccc21. The molecule has 0 unspecified atom stereocenters. The van der Waals surface area contributed by atoms with Gasteiger partial charge >= 0.3 is 0 Å². The molecule has 0 aliphatic heterocycles. The summed E-state index contributed by atoms with van der Waals surface area (Å²) in [6.45, 7) is 0. The molecule has 4 aromatic rings. The van der Waals surface area contributed by atoms with Crippen LogP contribution in [0.5, 0.6) is 5.75 Å². The Labute approximate surface area is 178 Å². The fraction of sp³-hybridized carbons (Fsp3) is 0.182. The molecule has 146 valence electrons. The molecule has 7 heteroatoms. The van der Waals surface area contributed by atoms with Crippen molar-refractivity contribution in [3.8, 4) is 17.1 Å². The Morgan fingerprint density at radius 1 is 0.897 bits per heavy atom. The second-order valence-electron chi connectivity index (χ2n) is 7.13. The van der Waals surface area contributed by atoms with E-state index in [1.165, 1.54) is 0 Å². The van der Waals surface area contributed by atoms with E-state index in [0.717, 1.165) is 29.7 Å². The van der Waals surface area contributed by atoms with Gasteiger partial charge in [-0.2, -0.15) is 0 Å². The van der Waals surface area contributed by atoms with Crippen LogP contribution in [0.25, 0.3) is 17.0 Å². The minimum absolute atomic E-state index is 0.0488. The van der Waals surface area contributed by atoms with Crippen LogP contribution in [0.1, 0.15) is 36.1 Å². The largest absolute Gasteiger partial charge is 0.484 e. The first-order valence-corrected chi connectivity index (χ1v) is 10.2. The quantitative estimate of drug-likeness (QED) is 0.463. The van der Waals surface area contributed by atoms with E-state index in [9.17, 15) is 0 Å². The van der Waals surface area contributed by atoms with Crippen molar-refractivity contribution in [2.45, 2.75) is 25.0 Å². The number of benzene rings is 2. The minimum atomic E-state index is -0.0488. The van der Waals surface area contributed by atoms with E-state index in [4.69, 9.17) is 33.7 Å². The summed E-state index contributed by atoms with van der Waals surface area (Å²) in [6, 6.07) is 17.4. The molecule has 0 radical (unpaired) electrons. The molecule has 0 saturated heterocycles. The molecule has 2 aromatic heterocycles. The van der Waals surface area contributed by atoms with Crippen LogP contribution >= 0.6 is 23.2 Å². The van der Waals surface area contributed by atoms with Crippen molar-refractivity contribution in [3.05, 3.63) is 82.0 Å². The maximum atomic E-state index is 6.38. The highest BCUT2D eigenvalue weighted by Gasteiger charge is 2.26. The third-order valence-electron chi connectivity index (χ3n) is 5.32. The Hall–Kier alpha value is -2.60. The van der Waals surface area contributed by atoms with Crippen molar-refractivity contribution in [2.75, 3.05) is 0 Å².